The highest BCUT2D eigenvalue weighted by molar-refractivity contribution is 5.57. The number of phenols is 2. The third kappa shape index (κ3) is 2.48. The van der Waals surface area contributed by atoms with E-state index < -0.39 is 0 Å². The van der Waals surface area contributed by atoms with Crippen LogP contribution < -0.4 is 10.1 Å². The summed E-state index contributed by atoms with van der Waals surface area (Å²) in [7, 11) is 1.60. The number of hydrogen-bond acceptors (Lipinski definition) is 4. The van der Waals surface area contributed by atoms with Crippen LogP contribution in [0, 0.1) is 0 Å². The summed E-state index contributed by atoms with van der Waals surface area (Å²) in [5.41, 5.74) is 1.46. The monoisotopic (exact) mass is 245 g/mol. The maximum atomic E-state index is 9.68. The number of ether oxygens (including phenoxy) is 1. The van der Waals surface area contributed by atoms with Crippen molar-refractivity contribution in [3.63, 3.8) is 0 Å². The van der Waals surface area contributed by atoms with Gasteiger partial charge >= 0.3 is 0 Å². The Balaban J connectivity index is 2.14. The summed E-state index contributed by atoms with van der Waals surface area (Å²) in [5, 5.41) is 22.2. The highest BCUT2D eigenvalue weighted by atomic mass is 16.5. The van der Waals surface area contributed by atoms with E-state index in [0.717, 1.165) is 11.4 Å². The van der Waals surface area contributed by atoms with Gasteiger partial charge in [0, 0.05) is 12.1 Å². The maximum Gasteiger partial charge on any atom is 0.162 e. The second kappa shape index (κ2) is 5.31. The molecule has 4 heteroatoms. The summed E-state index contributed by atoms with van der Waals surface area (Å²) in [6.45, 7) is 0.403. The van der Waals surface area contributed by atoms with E-state index in [0.29, 0.717) is 12.1 Å². The van der Waals surface area contributed by atoms with Gasteiger partial charge < -0.3 is 20.3 Å². The topological polar surface area (TPSA) is 61.7 Å². The zero-order valence-electron chi connectivity index (χ0n) is 10.1. The molecule has 0 aliphatic carbocycles. The first kappa shape index (κ1) is 12.1. The molecular weight excluding hydrogens is 230 g/mol. The predicted octanol–water partition coefficient (Wildman–Crippen LogP) is 2.72. The van der Waals surface area contributed by atoms with Crippen molar-refractivity contribution in [2.24, 2.45) is 0 Å². The Hall–Kier alpha value is -2.36. The van der Waals surface area contributed by atoms with Crippen molar-refractivity contribution in [2.75, 3.05) is 12.4 Å². The lowest BCUT2D eigenvalue weighted by molar-refractivity contribution is 0.399. The smallest absolute Gasteiger partial charge is 0.162 e. The van der Waals surface area contributed by atoms with Crippen LogP contribution in [0.4, 0.5) is 5.69 Å². The van der Waals surface area contributed by atoms with Crippen LogP contribution in [0.1, 0.15) is 5.56 Å². The molecule has 0 spiro atoms. The minimum Gasteiger partial charge on any atom is -0.504 e. The van der Waals surface area contributed by atoms with Crippen molar-refractivity contribution in [1.82, 2.24) is 0 Å². The van der Waals surface area contributed by atoms with E-state index in [1.165, 1.54) is 6.07 Å². The summed E-state index contributed by atoms with van der Waals surface area (Å²) in [6.07, 6.45) is 0. The molecule has 2 rings (SSSR count). The molecular formula is C14H15NO3. The van der Waals surface area contributed by atoms with Gasteiger partial charge in [0.05, 0.1) is 12.8 Å². The predicted molar refractivity (Wildman–Crippen MR) is 70.1 cm³/mol. The number of hydrogen-bond donors (Lipinski definition) is 3. The SMILES string of the molecule is COc1ccccc1NCc1cccc(O)c1O. The Labute approximate surface area is 105 Å². The molecule has 0 unspecified atom stereocenters. The first-order valence-corrected chi connectivity index (χ1v) is 5.59. The molecule has 0 fully saturated rings. The van der Waals surface area contributed by atoms with Crippen molar-refractivity contribution in [3.05, 3.63) is 48.0 Å². The van der Waals surface area contributed by atoms with Crippen LogP contribution in [-0.4, -0.2) is 17.3 Å². The molecule has 0 aliphatic rings. The Kier molecular flexibility index (Phi) is 3.57. The summed E-state index contributed by atoms with van der Waals surface area (Å²) in [4.78, 5) is 0. The van der Waals surface area contributed by atoms with E-state index in [1.807, 2.05) is 24.3 Å². The quantitative estimate of drug-likeness (QED) is 0.725. The molecule has 18 heavy (non-hydrogen) atoms. The molecule has 0 radical (unpaired) electrons. The van der Waals surface area contributed by atoms with Crippen LogP contribution in [0.15, 0.2) is 42.5 Å². The standard InChI is InChI=1S/C14H15NO3/c1-18-13-8-3-2-6-11(13)15-9-10-5-4-7-12(16)14(10)17/h2-8,15-17H,9H2,1H3. The van der Waals surface area contributed by atoms with Crippen LogP contribution in [0.2, 0.25) is 0 Å². The van der Waals surface area contributed by atoms with E-state index in [9.17, 15) is 10.2 Å². The molecule has 0 heterocycles. The van der Waals surface area contributed by atoms with Crippen molar-refractivity contribution < 1.29 is 14.9 Å². The Bertz CT molecular complexity index is 540. The molecule has 94 valence electrons. The first-order valence-electron chi connectivity index (χ1n) is 5.59. The van der Waals surface area contributed by atoms with Gasteiger partial charge in [0.25, 0.3) is 0 Å². The average molecular weight is 245 g/mol. The molecule has 4 nitrogen and oxygen atoms in total. The Morgan fingerprint density at radius 2 is 1.83 bits per heavy atom. The molecule has 3 N–H and O–H groups in total. The minimum absolute atomic E-state index is 0.0973. The number of para-hydroxylation sites is 3. The number of methoxy groups -OCH3 is 1. The Morgan fingerprint density at radius 1 is 1.06 bits per heavy atom. The molecule has 0 bridgehead atoms. The second-order valence-corrected chi connectivity index (χ2v) is 3.84. The minimum atomic E-state index is -0.116. The summed E-state index contributed by atoms with van der Waals surface area (Å²) >= 11 is 0. The number of phenolic OH excluding ortho intramolecular Hbond substituents is 2. The van der Waals surface area contributed by atoms with Crippen molar-refractivity contribution >= 4 is 5.69 Å². The lowest BCUT2D eigenvalue weighted by atomic mass is 10.2. The molecule has 0 amide bonds. The van der Waals surface area contributed by atoms with Crippen LogP contribution in [0.5, 0.6) is 17.2 Å². The first-order chi connectivity index (χ1) is 8.72. The van der Waals surface area contributed by atoms with Gasteiger partial charge in [0.1, 0.15) is 5.75 Å². The van der Waals surface area contributed by atoms with Crippen molar-refractivity contribution in [2.45, 2.75) is 6.54 Å². The van der Waals surface area contributed by atoms with Gasteiger partial charge in [-0.25, -0.2) is 0 Å². The maximum absolute atomic E-state index is 9.68. The second-order valence-electron chi connectivity index (χ2n) is 3.84. The molecule has 0 aliphatic heterocycles. The van der Waals surface area contributed by atoms with E-state index in [4.69, 9.17) is 4.74 Å². The largest absolute Gasteiger partial charge is 0.504 e. The van der Waals surface area contributed by atoms with Gasteiger partial charge in [0.15, 0.2) is 11.5 Å². The third-order valence-corrected chi connectivity index (χ3v) is 2.67. The number of rotatable bonds is 4. The van der Waals surface area contributed by atoms with Crippen molar-refractivity contribution in [3.8, 4) is 17.2 Å². The zero-order chi connectivity index (χ0) is 13.0. The highest BCUT2D eigenvalue weighted by Gasteiger charge is 2.06. The van der Waals surface area contributed by atoms with E-state index >= 15 is 0 Å². The number of aromatic hydroxyl groups is 2. The zero-order valence-corrected chi connectivity index (χ0v) is 10.1. The molecule has 2 aromatic rings. The van der Waals surface area contributed by atoms with Gasteiger partial charge in [0.2, 0.25) is 0 Å². The highest BCUT2D eigenvalue weighted by Crippen LogP contribution is 2.30. The fourth-order valence-corrected chi connectivity index (χ4v) is 1.70. The number of benzene rings is 2. The van der Waals surface area contributed by atoms with Gasteiger partial charge in [-0.3, -0.25) is 0 Å². The summed E-state index contributed by atoms with van der Waals surface area (Å²) < 4.78 is 5.21. The fourth-order valence-electron chi connectivity index (χ4n) is 1.70. The average Bonchev–Trinajstić information content (AvgIpc) is 2.41. The van der Waals surface area contributed by atoms with Crippen LogP contribution in [-0.2, 0) is 6.54 Å². The summed E-state index contributed by atoms with van der Waals surface area (Å²) in [6, 6.07) is 12.4. The molecule has 0 saturated heterocycles. The van der Waals surface area contributed by atoms with Crippen LogP contribution in [0.3, 0.4) is 0 Å². The van der Waals surface area contributed by atoms with Crippen molar-refractivity contribution in [1.29, 1.82) is 0 Å². The van der Waals surface area contributed by atoms with Crippen LogP contribution in [0.25, 0.3) is 0 Å². The third-order valence-electron chi connectivity index (χ3n) is 2.67. The van der Waals surface area contributed by atoms with Gasteiger partial charge in [-0.2, -0.15) is 0 Å². The van der Waals surface area contributed by atoms with E-state index in [2.05, 4.69) is 5.32 Å². The summed E-state index contributed by atoms with van der Waals surface area (Å²) in [5.74, 6) is 0.520. The Morgan fingerprint density at radius 3 is 2.61 bits per heavy atom. The van der Waals surface area contributed by atoms with Gasteiger partial charge in [-0.1, -0.05) is 24.3 Å². The number of anilines is 1. The van der Waals surface area contributed by atoms with E-state index in [1.54, 1.807) is 19.2 Å². The lowest BCUT2D eigenvalue weighted by Crippen LogP contribution is -2.01. The fraction of sp³-hybridized carbons (Fsp3) is 0.143. The molecule has 2 aromatic carbocycles. The molecule has 0 atom stereocenters. The van der Waals surface area contributed by atoms with Crippen LogP contribution >= 0.6 is 0 Å². The van der Waals surface area contributed by atoms with E-state index in [-0.39, 0.29) is 11.5 Å². The normalized spacial score (nSPS) is 10.1. The molecule has 0 aromatic heterocycles. The van der Waals surface area contributed by atoms with Gasteiger partial charge in [-0.15, -0.1) is 0 Å². The van der Waals surface area contributed by atoms with Gasteiger partial charge in [-0.05, 0) is 18.2 Å². The lowest BCUT2D eigenvalue weighted by Gasteiger charge is -2.12. The molecule has 0 saturated carbocycles. The number of nitrogens with one attached hydrogen (secondary N) is 1.